The van der Waals surface area contributed by atoms with Crippen molar-refractivity contribution in [2.45, 2.75) is 36.6 Å². The summed E-state index contributed by atoms with van der Waals surface area (Å²) in [7, 11) is 0.820. The maximum absolute atomic E-state index is 13.8. The molecule has 1 N–H and O–H groups in total. The van der Waals surface area contributed by atoms with Crippen LogP contribution in [-0.2, 0) is 40.5 Å². The van der Waals surface area contributed by atoms with Gasteiger partial charge in [0, 0.05) is 52.3 Å². The van der Waals surface area contributed by atoms with E-state index in [0.717, 1.165) is 11.1 Å². The maximum atomic E-state index is 13.8. The topological polar surface area (TPSA) is 103 Å². The molecule has 1 aromatic heterocycles. The van der Waals surface area contributed by atoms with Crippen LogP contribution >= 0.6 is 0 Å². The minimum atomic E-state index is -4.00. The Balaban J connectivity index is 1.68. The molecule has 0 spiro atoms. The summed E-state index contributed by atoms with van der Waals surface area (Å²) in [6, 6.07) is 16.0. The highest BCUT2D eigenvalue weighted by atomic mass is 32.2. The monoisotopic (exact) mass is 501 g/mol. The molecule has 0 radical (unpaired) electrons. The molecule has 0 unspecified atom stereocenters. The van der Waals surface area contributed by atoms with Crippen LogP contribution in [0.2, 0.25) is 0 Å². The predicted octanol–water partition coefficient (Wildman–Crippen LogP) is 2.83. The van der Waals surface area contributed by atoms with Crippen LogP contribution in [0.1, 0.15) is 29.7 Å². The summed E-state index contributed by atoms with van der Waals surface area (Å²) >= 11 is 0. The fourth-order valence-corrected chi connectivity index (χ4v) is 5.58. The fourth-order valence-electron chi connectivity index (χ4n) is 4.20. The summed E-state index contributed by atoms with van der Waals surface area (Å²) in [6.07, 6.45) is 0.765. The van der Waals surface area contributed by atoms with E-state index in [1.54, 1.807) is 45.5 Å². The molecule has 35 heavy (non-hydrogen) atoms. The molecule has 0 amide bonds. The van der Waals surface area contributed by atoms with Crippen molar-refractivity contribution in [3.05, 3.63) is 71.4 Å². The van der Waals surface area contributed by atoms with Crippen LogP contribution in [0.3, 0.4) is 0 Å². The predicted molar refractivity (Wildman–Crippen MR) is 130 cm³/mol. The lowest BCUT2D eigenvalue weighted by atomic mass is 9.91. The largest absolute Gasteiger partial charge is 0.497 e. The van der Waals surface area contributed by atoms with Gasteiger partial charge in [0.15, 0.2) is 5.03 Å². The van der Waals surface area contributed by atoms with Gasteiger partial charge in [-0.25, -0.2) is 8.42 Å². The van der Waals surface area contributed by atoms with Gasteiger partial charge in [-0.2, -0.15) is 9.40 Å². The van der Waals surface area contributed by atoms with Gasteiger partial charge in [0.05, 0.1) is 19.9 Å². The molecule has 2 aromatic carbocycles. The number of sulfonamides is 1. The smallest absolute Gasteiger partial charge is 0.263 e. The summed E-state index contributed by atoms with van der Waals surface area (Å²) in [5, 5.41) is 15.3. The highest BCUT2D eigenvalue weighted by molar-refractivity contribution is 7.89. The van der Waals surface area contributed by atoms with Crippen LogP contribution in [0.25, 0.3) is 0 Å². The molecule has 3 aromatic rings. The maximum Gasteiger partial charge on any atom is 0.263 e. The third-order valence-corrected chi connectivity index (χ3v) is 7.96. The molecule has 0 saturated carbocycles. The van der Waals surface area contributed by atoms with Crippen LogP contribution in [-0.4, -0.2) is 55.0 Å². The number of methoxy groups -OCH3 is 2. The molecule has 0 atom stereocenters. The molecule has 4 rings (SSSR count). The number of ether oxygens (including phenoxy) is 3. The summed E-state index contributed by atoms with van der Waals surface area (Å²) < 4.78 is 46.3. The van der Waals surface area contributed by atoms with Crippen LogP contribution in [0.15, 0.2) is 59.6 Å². The number of aryl methyl sites for hydroxylation is 1. The number of hydrogen-bond acceptors (Lipinski definition) is 7. The van der Waals surface area contributed by atoms with Crippen LogP contribution in [0.4, 0.5) is 0 Å². The Morgan fingerprint density at radius 2 is 1.46 bits per heavy atom. The normalized spacial score (nSPS) is 15.8. The van der Waals surface area contributed by atoms with Gasteiger partial charge in [0.2, 0.25) is 0 Å². The minimum Gasteiger partial charge on any atom is -0.497 e. The second-order valence-electron chi connectivity index (χ2n) is 8.60. The molecule has 1 aliphatic heterocycles. The van der Waals surface area contributed by atoms with Gasteiger partial charge in [-0.1, -0.05) is 24.3 Å². The van der Waals surface area contributed by atoms with Gasteiger partial charge >= 0.3 is 0 Å². The van der Waals surface area contributed by atoms with Gasteiger partial charge in [0.25, 0.3) is 10.0 Å². The molecule has 188 valence electrons. The van der Waals surface area contributed by atoms with Crippen LogP contribution < -0.4 is 9.47 Å². The number of aromatic nitrogens is 2. The van der Waals surface area contributed by atoms with Crippen molar-refractivity contribution in [2.75, 3.05) is 27.4 Å². The molecule has 1 fully saturated rings. The van der Waals surface area contributed by atoms with E-state index in [-0.39, 0.29) is 18.1 Å². The van der Waals surface area contributed by atoms with E-state index in [2.05, 4.69) is 5.10 Å². The minimum absolute atomic E-state index is 0.100. The Morgan fingerprint density at radius 1 is 0.971 bits per heavy atom. The first-order chi connectivity index (χ1) is 16.7. The average molecular weight is 502 g/mol. The molecule has 1 aliphatic rings. The average Bonchev–Trinajstić information content (AvgIpc) is 3.28. The molecule has 1 saturated heterocycles. The zero-order valence-electron chi connectivity index (χ0n) is 20.2. The molecular weight excluding hydrogens is 470 g/mol. The summed E-state index contributed by atoms with van der Waals surface area (Å²) in [5.74, 6) is 1.38. The third-order valence-electron chi connectivity index (χ3n) is 6.29. The Morgan fingerprint density at radius 3 is 1.91 bits per heavy atom. The quantitative estimate of drug-likeness (QED) is 0.481. The van der Waals surface area contributed by atoms with Crippen LogP contribution in [0, 0.1) is 0 Å². The number of benzene rings is 2. The number of hydrogen-bond donors (Lipinski definition) is 1. The van der Waals surface area contributed by atoms with E-state index in [4.69, 9.17) is 14.2 Å². The van der Waals surface area contributed by atoms with Crippen molar-refractivity contribution < 1.29 is 27.7 Å². The molecular formula is C25H31N3O6S. The lowest BCUT2D eigenvalue weighted by Crippen LogP contribution is -2.35. The zero-order valence-corrected chi connectivity index (χ0v) is 21.0. The number of nitrogens with zero attached hydrogens (tertiary/aromatic N) is 3. The van der Waals surface area contributed by atoms with Gasteiger partial charge in [-0.15, -0.1) is 0 Å². The Hall–Kier alpha value is -2.92. The Kier molecular flexibility index (Phi) is 7.46. The van der Waals surface area contributed by atoms with E-state index in [1.807, 2.05) is 24.3 Å². The van der Waals surface area contributed by atoms with E-state index < -0.39 is 15.6 Å². The molecule has 0 aliphatic carbocycles. The zero-order chi connectivity index (χ0) is 25.1. The van der Waals surface area contributed by atoms with Gasteiger partial charge in [0.1, 0.15) is 17.1 Å². The Labute approximate surface area is 205 Å². The Bertz CT molecular complexity index is 1180. The SMILES string of the molecule is COc1ccc(CN(Cc2ccc(OC)cc2)S(=O)(=O)c2cc(C3(O)CCOCC3)n(C)n2)cc1. The molecule has 0 bridgehead atoms. The summed E-state index contributed by atoms with van der Waals surface area (Å²) in [6.45, 7) is 1.10. The van der Waals surface area contributed by atoms with Crippen molar-refractivity contribution in [3.63, 3.8) is 0 Å². The lowest BCUT2D eigenvalue weighted by molar-refractivity contribution is -0.0725. The lowest BCUT2D eigenvalue weighted by Gasteiger charge is -2.31. The summed E-state index contributed by atoms with van der Waals surface area (Å²) in [4.78, 5) is 0. The van der Waals surface area contributed by atoms with Gasteiger partial charge < -0.3 is 19.3 Å². The van der Waals surface area contributed by atoms with E-state index in [1.165, 1.54) is 15.1 Å². The van der Waals surface area contributed by atoms with Crippen molar-refractivity contribution in [1.82, 2.24) is 14.1 Å². The first-order valence-corrected chi connectivity index (χ1v) is 12.8. The van der Waals surface area contributed by atoms with E-state index in [0.29, 0.717) is 43.2 Å². The van der Waals surface area contributed by atoms with Gasteiger partial charge in [-0.05, 0) is 35.4 Å². The van der Waals surface area contributed by atoms with Gasteiger partial charge in [-0.3, -0.25) is 4.68 Å². The second-order valence-corrected chi connectivity index (χ2v) is 10.5. The third kappa shape index (κ3) is 5.51. The first kappa shape index (κ1) is 25.2. The summed E-state index contributed by atoms with van der Waals surface area (Å²) in [5.41, 5.74) is 0.905. The van der Waals surface area contributed by atoms with E-state index >= 15 is 0 Å². The fraction of sp³-hybridized carbons (Fsp3) is 0.400. The standard InChI is InChI=1S/C25H31N3O6S/c1-27-23(25(29)12-14-34-15-13-25)16-24(26-27)35(30,31)28(17-19-4-8-21(32-2)9-5-19)18-20-6-10-22(33-3)11-7-20/h4-11,16,29H,12-15,17-18H2,1-3H3. The van der Waals surface area contributed by atoms with E-state index in [9.17, 15) is 13.5 Å². The highest BCUT2D eigenvalue weighted by Crippen LogP contribution is 2.33. The van der Waals surface area contributed by atoms with Crippen LogP contribution in [0.5, 0.6) is 11.5 Å². The highest BCUT2D eigenvalue weighted by Gasteiger charge is 2.37. The molecule has 10 heteroatoms. The van der Waals surface area contributed by atoms with Crippen molar-refractivity contribution >= 4 is 10.0 Å². The first-order valence-electron chi connectivity index (χ1n) is 11.4. The van der Waals surface area contributed by atoms with Crippen molar-refractivity contribution in [1.29, 1.82) is 0 Å². The number of aliphatic hydroxyl groups is 1. The van der Waals surface area contributed by atoms with Crippen molar-refractivity contribution in [2.24, 2.45) is 7.05 Å². The molecule has 2 heterocycles. The second kappa shape index (κ2) is 10.4. The van der Waals surface area contributed by atoms with Crippen molar-refractivity contribution in [3.8, 4) is 11.5 Å². The molecule has 9 nitrogen and oxygen atoms in total. The number of rotatable bonds is 9.